The van der Waals surface area contributed by atoms with Crippen molar-refractivity contribution in [2.45, 2.75) is 52.3 Å². The topological polar surface area (TPSA) is 98.7 Å². The van der Waals surface area contributed by atoms with Gasteiger partial charge in [0.1, 0.15) is 45.9 Å². The Bertz CT molecular complexity index is 1330. The second-order valence-corrected chi connectivity index (χ2v) is 12.1. The predicted octanol–water partition coefficient (Wildman–Crippen LogP) is 4.23. The minimum Gasteiger partial charge on any atom is -0.507 e. The van der Waals surface area contributed by atoms with Crippen LogP contribution in [0.15, 0.2) is 18.2 Å². The highest BCUT2D eigenvalue weighted by Gasteiger charge is 2.42. The Hall–Kier alpha value is -3.31. The second kappa shape index (κ2) is 11.2. The van der Waals surface area contributed by atoms with Gasteiger partial charge in [-0.05, 0) is 46.4 Å². The van der Waals surface area contributed by atoms with E-state index in [1.54, 1.807) is 30.6 Å². The number of carbonyl (C=O) groups is 2. The number of ether oxygens (including phenoxy) is 2. The van der Waals surface area contributed by atoms with Crippen LogP contribution in [0.2, 0.25) is 5.02 Å². The summed E-state index contributed by atoms with van der Waals surface area (Å²) >= 11 is 6.84. The fraction of sp³-hybridized carbons (Fsp3) is 0.552. The molecule has 0 saturated carbocycles. The predicted molar refractivity (Wildman–Crippen MR) is 153 cm³/mol. The minimum absolute atomic E-state index is 0.00388. The lowest BCUT2D eigenvalue weighted by atomic mass is 10.0. The average Bonchev–Trinajstić information content (AvgIpc) is 3.05. The van der Waals surface area contributed by atoms with E-state index in [-0.39, 0.29) is 65.0 Å². The van der Waals surface area contributed by atoms with Gasteiger partial charge in [-0.3, -0.25) is 9.69 Å². The average molecular weight is 590 g/mol. The van der Waals surface area contributed by atoms with Gasteiger partial charge < -0.3 is 29.3 Å². The number of anilines is 1. The summed E-state index contributed by atoms with van der Waals surface area (Å²) in [6.45, 7) is 13.4. The molecule has 10 nitrogen and oxygen atoms in total. The van der Waals surface area contributed by atoms with Crippen molar-refractivity contribution < 1.29 is 28.6 Å². The molecule has 0 bridgehead atoms. The Labute approximate surface area is 244 Å². The molecule has 5 rings (SSSR count). The van der Waals surface area contributed by atoms with E-state index in [9.17, 15) is 14.7 Å². The molecule has 0 unspecified atom stereocenters. The number of nitrogens with zero attached hydrogens (tertiary/aromatic N) is 5. The molecule has 1 N–H and O–H groups in total. The standard InChI is InChI=1S/C29H37ClFN5O5/c1-6-33-10-12-35(17(2)14-33)26-22-25(23(30)24(32-26)21-19(31)8-7-9-20(21)37)40-16-18-15-34(11-13-36(18)27(22)38)28(39)41-29(3,4)5/h7-9,17-18,37H,6,10-16H2,1-5H3/t17-,18+/m0/s1. The molecule has 1 aromatic heterocycles. The van der Waals surface area contributed by atoms with Gasteiger partial charge in [0.05, 0.1) is 11.6 Å². The molecule has 2 atom stereocenters. The van der Waals surface area contributed by atoms with Crippen LogP contribution in [0.5, 0.6) is 11.5 Å². The molecule has 2 amide bonds. The van der Waals surface area contributed by atoms with Crippen LogP contribution in [0.1, 0.15) is 45.0 Å². The first-order valence-electron chi connectivity index (χ1n) is 14.0. The maximum atomic E-state index is 15.1. The van der Waals surface area contributed by atoms with E-state index in [1.165, 1.54) is 18.2 Å². The number of hydrogen-bond acceptors (Lipinski definition) is 8. The normalized spacial score (nSPS) is 21.6. The van der Waals surface area contributed by atoms with Crippen LogP contribution in [0.3, 0.4) is 0 Å². The number of hydrogen-bond donors (Lipinski definition) is 1. The number of pyridine rings is 1. The molecule has 222 valence electrons. The van der Waals surface area contributed by atoms with Crippen molar-refractivity contribution in [3.63, 3.8) is 0 Å². The summed E-state index contributed by atoms with van der Waals surface area (Å²) in [5.41, 5.74) is -0.596. The van der Waals surface area contributed by atoms with Crippen LogP contribution in [0.4, 0.5) is 15.0 Å². The summed E-state index contributed by atoms with van der Waals surface area (Å²) < 4.78 is 26.9. The minimum atomic E-state index is -0.695. The number of aromatic hydroxyl groups is 1. The second-order valence-electron chi connectivity index (χ2n) is 11.8. The number of rotatable bonds is 3. The number of carbonyl (C=O) groups excluding carboxylic acids is 2. The zero-order valence-electron chi connectivity index (χ0n) is 24.1. The third-order valence-corrected chi connectivity index (χ3v) is 8.11. The number of phenols is 1. The Balaban J connectivity index is 1.59. The lowest BCUT2D eigenvalue weighted by Gasteiger charge is -2.42. The van der Waals surface area contributed by atoms with Gasteiger partial charge in [0, 0.05) is 45.3 Å². The summed E-state index contributed by atoms with van der Waals surface area (Å²) in [7, 11) is 0. The zero-order valence-corrected chi connectivity index (χ0v) is 24.9. The largest absolute Gasteiger partial charge is 0.507 e. The molecule has 3 aliphatic rings. The Morgan fingerprint density at radius 3 is 2.56 bits per heavy atom. The third-order valence-electron chi connectivity index (χ3n) is 7.76. The van der Waals surface area contributed by atoms with Crippen LogP contribution < -0.4 is 9.64 Å². The number of fused-ring (bicyclic) bond motifs is 2. The third kappa shape index (κ3) is 5.61. The summed E-state index contributed by atoms with van der Waals surface area (Å²) in [6, 6.07) is 3.51. The number of likely N-dealkylation sites (N-methyl/N-ethyl adjacent to an activating group) is 1. The van der Waals surface area contributed by atoms with E-state index in [4.69, 9.17) is 26.1 Å². The Morgan fingerprint density at radius 2 is 1.90 bits per heavy atom. The van der Waals surface area contributed by atoms with Crippen molar-refractivity contribution in [3.8, 4) is 22.8 Å². The van der Waals surface area contributed by atoms with E-state index in [2.05, 4.69) is 18.7 Å². The number of benzene rings is 1. The first-order chi connectivity index (χ1) is 19.4. The van der Waals surface area contributed by atoms with Gasteiger partial charge in [-0.15, -0.1) is 0 Å². The van der Waals surface area contributed by atoms with E-state index in [0.29, 0.717) is 18.9 Å². The molecule has 2 fully saturated rings. The van der Waals surface area contributed by atoms with Crippen LogP contribution in [0.25, 0.3) is 11.3 Å². The van der Waals surface area contributed by atoms with Crippen molar-refractivity contribution in [1.82, 2.24) is 19.7 Å². The highest BCUT2D eigenvalue weighted by Crippen LogP contribution is 2.46. The molecule has 41 heavy (non-hydrogen) atoms. The van der Waals surface area contributed by atoms with Gasteiger partial charge in [0.15, 0.2) is 5.75 Å². The summed E-state index contributed by atoms with van der Waals surface area (Å²) in [5.74, 6) is -0.891. The number of amides is 2. The molecular weight excluding hydrogens is 553 g/mol. The van der Waals surface area contributed by atoms with Crippen molar-refractivity contribution in [2.75, 3.05) is 57.3 Å². The Morgan fingerprint density at radius 1 is 1.17 bits per heavy atom. The molecule has 0 aliphatic carbocycles. The zero-order chi connectivity index (χ0) is 29.6. The quantitative estimate of drug-likeness (QED) is 0.568. The SMILES string of the molecule is CCN1CCN(c2nc(-c3c(O)cccc3F)c(Cl)c3c2C(=O)N2CCN(C(=O)OC(C)(C)C)C[C@@H]2CO3)[C@@H](C)C1. The van der Waals surface area contributed by atoms with E-state index >= 15 is 4.39 Å². The fourth-order valence-corrected chi connectivity index (χ4v) is 5.98. The maximum absolute atomic E-state index is 15.1. The molecule has 2 aromatic rings. The van der Waals surface area contributed by atoms with Crippen LogP contribution >= 0.6 is 11.6 Å². The monoisotopic (exact) mass is 589 g/mol. The Kier molecular flexibility index (Phi) is 7.95. The molecule has 3 aliphatic heterocycles. The van der Waals surface area contributed by atoms with Crippen molar-refractivity contribution >= 4 is 29.4 Å². The van der Waals surface area contributed by atoms with E-state index in [0.717, 1.165) is 19.6 Å². The van der Waals surface area contributed by atoms with E-state index < -0.39 is 23.6 Å². The van der Waals surface area contributed by atoms with Crippen molar-refractivity contribution in [2.24, 2.45) is 0 Å². The highest BCUT2D eigenvalue weighted by molar-refractivity contribution is 6.35. The van der Waals surface area contributed by atoms with E-state index in [1.807, 2.05) is 4.90 Å². The van der Waals surface area contributed by atoms with Crippen LogP contribution in [0, 0.1) is 5.82 Å². The molecular formula is C29H37ClFN5O5. The summed E-state index contributed by atoms with van der Waals surface area (Å²) in [6.07, 6.45) is -0.452. The van der Waals surface area contributed by atoms with Gasteiger partial charge in [0.25, 0.3) is 5.91 Å². The number of piperazine rings is 2. The molecule has 0 radical (unpaired) electrons. The van der Waals surface area contributed by atoms with Gasteiger partial charge in [0.2, 0.25) is 0 Å². The number of phenolic OH excluding ortho intramolecular Hbond substituents is 1. The maximum Gasteiger partial charge on any atom is 0.410 e. The molecule has 12 heteroatoms. The summed E-state index contributed by atoms with van der Waals surface area (Å²) in [5, 5.41) is 10.6. The molecule has 1 aromatic carbocycles. The smallest absolute Gasteiger partial charge is 0.410 e. The van der Waals surface area contributed by atoms with Crippen LogP contribution in [-0.4, -0.2) is 107 Å². The molecule has 0 spiro atoms. The van der Waals surface area contributed by atoms with Crippen molar-refractivity contribution in [1.29, 1.82) is 0 Å². The first kappa shape index (κ1) is 29.2. The molecule has 4 heterocycles. The van der Waals surface area contributed by atoms with Crippen LogP contribution in [-0.2, 0) is 4.74 Å². The fourth-order valence-electron chi connectivity index (χ4n) is 5.69. The van der Waals surface area contributed by atoms with Gasteiger partial charge >= 0.3 is 6.09 Å². The summed E-state index contributed by atoms with van der Waals surface area (Å²) in [4.78, 5) is 39.4. The highest BCUT2D eigenvalue weighted by atomic mass is 35.5. The molecule has 2 saturated heterocycles. The van der Waals surface area contributed by atoms with Gasteiger partial charge in [-0.2, -0.15) is 0 Å². The number of aromatic nitrogens is 1. The first-order valence-corrected chi connectivity index (χ1v) is 14.4. The lowest BCUT2D eigenvalue weighted by Crippen LogP contribution is -2.58. The lowest BCUT2D eigenvalue weighted by molar-refractivity contribution is 0.000952. The van der Waals surface area contributed by atoms with Gasteiger partial charge in [-0.25, -0.2) is 14.2 Å². The van der Waals surface area contributed by atoms with Gasteiger partial charge in [-0.1, -0.05) is 24.6 Å². The number of halogens is 2. The van der Waals surface area contributed by atoms with Crippen molar-refractivity contribution in [3.05, 3.63) is 34.6 Å².